The zero-order valence-electron chi connectivity index (χ0n) is 20.4. The molecule has 0 aromatic heterocycles. The van der Waals surface area contributed by atoms with Gasteiger partial charge in [-0.3, -0.25) is 4.79 Å². The van der Waals surface area contributed by atoms with Crippen molar-refractivity contribution in [2.75, 3.05) is 19.7 Å². The van der Waals surface area contributed by atoms with E-state index in [0.717, 1.165) is 24.8 Å². The van der Waals surface area contributed by atoms with Gasteiger partial charge in [-0.25, -0.2) is 13.2 Å². The molecule has 1 aliphatic heterocycles. The Labute approximate surface area is 198 Å². The first-order valence-corrected chi connectivity index (χ1v) is 13.5. The zero-order valence-corrected chi connectivity index (χ0v) is 21.2. The number of nitrogens with one attached hydrogen (secondary N) is 1. The number of benzene rings is 1. The van der Waals surface area contributed by atoms with E-state index in [2.05, 4.69) is 26.1 Å². The van der Waals surface area contributed by atoms with E-state index in [4.69, 9.17) is 4.74 Å². The first-order chi connectivity index (χ1) is 15.5. The predicted molar refractivity (Wildman–Crippen MR) is 127 cm³/mol. The van der Waals surface area contributed by atoms with Gasteiger partial charge in [0.15, 0.2) is 0 Å². The highest BCUT2D eigenvalue weighted by atomic mass is 32.2. The van der Waals surface area contributed by atoms with Crippen LogP contribution in [0.25, 0.3) is 0 Å². The van der Waals surface area contributed by atoms with Crippen molar-refractivity contribution < 1.29 is 22.7 Å². The Kier molecular flexibility index (Phi) is 7.89. The van der Waals surface area contributed by atoms with Gasteiger partial charge in [0.1, 0.15) is 5.54 Å². The topological polar surface area (TPSA) is 92.8 Å². The number of hydrogen-bond acceptors (Lipinski definition) is 5. The lowest BCUT2D eigenvalue weighted by molar-refractivity contribution is -0.155. The average molecular weight is 479 g/mol. The maximum atomic E-state index is 13.1. The van der Waals surface area contributed by atoms with Crippen LogP contribution in [0.1, 0.15) is 78.2 Å². The Morgan fingerprint density at radius 1 is 1.06 bits per heavy atom. The summed E-state index contributed by atoms with van der Waals surface area (Å²) in [5, 5.41) is 3.01. The molecule has 3 rings (SSSR count). The molecule has 8 heteroatoms. The minimum Gasteiger partial charge on any atom is -0.464 e. The number of sulfonamides is 1. The van der Waals surface area contributed by atoms with E-state index < -0.39 is 15.6 Å². The van der Waals surface area contributed by atoms with Crippen LogP contribution in [-0.4, -0.2) is 49.8 Å². The highest BCUT2D eigenvalue weighted by Gasteiger charge is 2.44. The monoisotopic (exact) mass is 478 g/mol. The first kappa shape index (κ1) is 25.7. The summed E-state index contributed by atoms with van der Waals surface area (Å²) in [6, 6.07) is 7.07. The number of esters is 1. The number of piperidine rings is 1. The highest BCUT2D eigenvalue weighted by molar-refractivity contribution is 7.89. The van der Waals surface area contributed by atoms with E-state index in [1.165, 1.54) is 4.31 Å². The molecular weight excluding hydrogens is 440 g/mol. The smallest absolute Gasteiger partial charge is 0.331 e. The molecule has 184 valence electrons. The maximum Gasteiger partial charge on any atom is 0.331 e. The van der Waals surface area contributed by atoms with Gasteiger partial charge in [0, 0.05) is 19.0 Å². The molecule has 1 aliphatic carbocycles. The maximum absolute atomic E-state index is 13.1. The second kappa shape index (κ2) is 10.1. The lowest BCUT2D eigenvalue weighted by atomic mass is 9.81. The van der Waals surface area contributed by atoms with E-state index in [9.17, 15) is 18.0 Å². The van der Waals surface area contributed by atoms with Gasteiger partial charge < -0.3 is 10.1 Å². The summed E-state index contributed by atoms with van der Waals surface area (Å²) in [4.78, 5) is 26.0. The van der Waals surface area contributed by atoms with Crippen LogP contribution in [0.2, 0.25) is 0 Å². The van der Waals surface area contributed by atoms with Gasteiger partial charge in [-0.05, 0) is 55.7 Å². The molecule has 0 bridgehead atoms. The summed E-state index contributed by atoms with van der Waals surface area (Å²) in [6.07, 6.45) is 4.86. The van der Waals surface area contributed by atoms with Crippen molar-refractivity contribution in [3.05, 3.63) is 29.8 Å². The Bertz CT molecular complexity index is 936. The van der Waals surface area contributed by atoms with E-state index in [-0.39, 0.29) is 47.8 Å². The summed E-state index contributed by atoms with van der Waals surface area (Å²) in [5.41, 5.74) is 0.0893. The van der Waals surface area contributed by atoms with Crippen LogP contribution in [-0.2, 0) is 29.8 Å². The minimum absolute atomic E-state index is 0.0484. The van der Waals surface area contributed by atoms with Gasteiger partial charge in [-0.1, -0.05) is 52.2 Å². The summed E-state index contributed by atoms with van der Waals surface area (Å²) in [6.45, 7) is 8.89. The Hall–Kier alpha value is -1.93. The summed E-state index contributed by atoms with van der Waals surface area (Å²) >= 11 is 0. The van der Waals surface area contributed by atoms with Crippen molar-refractivity contribution in [1.29, 1.82) is 0 Å². The second-order valence-electron chi connectivity index (χ2n) is 10.3. The average Bonchev–Trinajstić information content (AvgIpc) is 2.79. The highest BCUT2D eigenvalue weighted by Crippen LogP contribution is 2.32. The number of ether oxygens (including phenoxy) is 1. The quantitative estimate of drug-likeness (QED) is 0.629. The van der Waals surface area contributed by atoms with Crippen LogP contribution in [0, 0.1) is 5.92 Å². The van der Waals surface area contributed by atoms with Gasteiger partial charge in [-0.2, -0.15) is 4.31 Å². The van der Waals surface area contributed by atoms with Crippen LogP contribution < -0.4 is 5.32 Å². The molecule has 33 heavy (non-hydrogen) atoms. The molecule has 1 heterocycles. The predicted octanol–water partition coefficient (Wildman–Crippen LogP) is 3.77. The van der Waals surface area contributed by atoms with Crippen molar-refractivity contribution in [1.82, 2.24) is 9.62 Å². The van der Waals surface area contributed by atoms with Gasteiger partial charge in [0.25, 0.3) is 0 Å². The third-order valence-corrected chi connectivity index (χ3v) is 8.83. The molecule has 2 aliphatic rings. The lowest BCUT2D eigenvalue weighted by Gasteiger charge is -2.38. The molecule has 0 unspecified atom stereocenters. The van der Waals surface area contributed by atoms with E-state index in [0.29, 0.717) is 25.7 Å². The second-order valence-corrected chi connectivity index (χ2v) is 12.2. The minimum atomic E-state index is -3.61. The van der Waals surface area contributed by atoms with E-state index in [1.54, 1.807) is 19.1 Å². The van der Waals surface area contributed by atoms with E-state index in [1.807, 2.05) is 12.1 Å². The van der Waals surface area contributed by atoms with Gasteiger partial charge in [0.05, 0.1) is 11.5 Å². The van der Waals surface area contributed by atoms with Crippen molar-refractivity contribution in [3.63, 3.8) is 0 Å². The van der Waals surface area contributed by atoms with Gasteiger partial charge in [-0.15, -0.1) is 0 Å². The molecule has 1 aromatic rings. The molecule has 0 radical (unpaired) electrons. The van der Waals surface area contributed by atoms with Crippen LogP contribution in [0.3, 0.4) is 0 Å². The van der Waals surface area contributed by atoms with Crippen LogP contribution in [0.4, 0.5) is 0 Å². The van der Waals surface area contributed by atoms with Crippen LogP contribution in [0.5, 0.6) is 0 Å². The first-order valence-electron chi connectivity index (χ1n) is 12.1. The fourth-order valence-corrected chi connectivity index (χ4v) is 6.25. The molecule has 0 atom stereocenters. The zero-order chi connectivity index (χ0) is 24.3. The number of hydrogen-bond donors (Lipinski definition) is 1. The third kappa shape index (κ3) is 5.77. The number of rotatable bonds is 6. The van der Waals surface area contributed by atoms with Gasteiger partial charge >= 0.3 is 5.97 Å². The summed E-state index contributed by atoms with van der Waals surface area (Å²) in [7, 11) is -3.61. The fourth-order valence-electron chi connectivity index (χ4n) is 4.78. The van der Waals surface area contributed by atoms with Gasteiger partial charge in [0.2, 0.25) is 15.9 Å². The van der Waals surface area contributed by atoms with Crippen molar-refractivity contribution in [2.45, 2.75) is 88.5 Å². The van der Waals surface area contributed by atoms with Crippen molar-refractivity contribution >= 4 is 21.9 Å². The number of amides is 1. The summed E-state index contributed by atoms with van der Waals surface area (Å²) in [5.74, 6) is -0.832. The molecule has 1 N–H and O–H groups in total. The van der Waals surface area contributed by atoms with Crippen LogP contribution >= 0.6 is 0 Å². The third-order valence-electron chi connectivity index (χ3n) is 6.92. The molecule has 2 fully saturated rings. The SMILES string of the molecule is CCOC(=O)C1(NC(=O)C2CCN(S(=O)(=O)c3ccc(C(C)(C)C)cc3)CC2)CCCCC1. The molecular formula is C25H38N2O5S. The van der Waals surface area contributed by atoms with E-state index >= 15 is 0 Å². The Morgan fingerprint density at radius 2 is 1.64 bits per heavy atom. The summed E-state index contributed by atoms with van der Waals surface area (Å²) < 4.78 is 33.0. The number of nitrogens with zero attached hydrogens (tertiary/aromatic N) is 1. The number of carbonyl (C=O) groups is 2. The van der Waals surface area contributed by atoms with Crippen LogP contribution in [0.15, 0.2) is 29.2 Å². The van der Waals surface area contributed by atoms with Crippen molar-refractivity contribution in [3.8, 4) is 0 Å². The largest absolute Gasteiger partial charge is 0.464 e. The number of carbonyl (C=O) groups excluding carboxylic acids is 2. The molecule has 7 nitrogen and oxygen atoms in total. The Balaban J connectivity index is 1.63. The molecule has 1 amide bonds. The molecule has 0 spiro atoms. The lowest BCUT2D eigenvalue weighted by Crippen LogP contribution is -2.58. The molecule has 1 saturated heterocycles. The van der Waals surface area contributed by atoms with Crippen molar-refractivity contribution in [2.24, 2.45) is 5.92 Å². The normalized spacial score (nSPS) is 20.2. The Morgan fingerprint density at radius 3 is 2.15 bits per heavy atom. The molecule has 1 aromatic carbocycles. The standard InChI is InChI=1S/C25H38N2O5S/c1-5-32-23(29)25(15-7-6-8-16-25)26-22(28)19-13-17-27(18-14-19)33(30,31)21-11-9-20(10-12-21)24(2,3)4/h9-12,19H,5-8,13-18H2,1-4H3,(H,26,28). The molecule has 1 saturated carbocycles. The fraction of sp³-hybridized carbons (Fsp3) is 0.680.